The SMILES string of the molecule is COc1ccc(C)cc1CN1CCC(C(N)=S)CC1. The van der Waals surface area contributed by atoms with Crippen molar-refractivity contribution in [1.29, 1.82) is 0 Å². The fraction of sp³-hybridized carbons (Fsp3) is 0.533. The van der Waals surface area contributed by atoms with E-state index in [1.165, 1.54) is 11.1 Å². The van der Waals surface area contributed by atoms with Crippen LogP contribution in [0.5, 0.6) is 5.75 Å². The van der Waals surface area contributed by atoms with Crippen molar-refractivity contribution in [1.82, 2.24) is 4.90 Å². The van der Waals surface area contributed by atoms with Gasteiger partial charge >= 0.3 is 0 Å². The first-order chi connectivity index (χ1) is 9.10. The largest absolute Gasteiger partial charge is 0.496 e. The molecule has 0 saturated carbocycles. The Morgan fingerprint density at radius 2 is 2.11 bits per heavy atom. The number of nitrogens with zero attached hydrogens (tertiary/aromatic N) is 1. The van der Waals surface area contributed by atoms with Gasteiger partial charge in [0.05, 0.1) is 12.1 Å². The molecule has 0 atom stereocenters. The Kier molecular flexibility index (Phi) is 4.77. The summed E-state index contributed by atoms with van der Waals surface area (Å²) >= 11 is 5.08. The Bertz CT molecular complexity index is 453. The lowest BCUT2D eigenvalue weighted by Gasteiger charge is -2.31. The first-order valence-corrected chi connectivity index (χ1v) is 7.16. The molecule has 0 bridgehead atoms. The molecule has 1 aromatic rings. The van der Waals surface area contributed by atoms with Crippen molar-refractivity contribution in [2.24, 2.45) is 11.7 Å². The molecule has 0 aromatic heterocycles. The number of methoxy groups -OCH3 is 1. The average Bonchev–Trinajstić information content (AvgIpc) is 2.39. The molecule has 2 N–H and O–H groups in total. The number of likely N-dealkylation sites (tertiary alicyclic amines) is 1. The lowest BCUT2D eigenvalue weighted by Crippen LogP contribution is -2.37. The molecule has 0 spiro atoms. The Hall–Kier alpha value is -1.13. The van der Waals surface area contributed by atoms with E-state index in [4.69, 9.17) is 22.7 Å². The van der Waals surface area contributed by atoms with Crippen LogP contribution in [-0.2, 0) is 6.54 Å². The van der Waals surface area contributed by atoms with Crippen molar-refractivity contribution in [2.45, 2.75) is 26.3 Å². The molecule has 0 aliphatic carbocycles. The van der Waals surface area contributed by atoms with Gasteiger partial charge in [-0.25, -0.2) is 0 Å². The number of piperidine rings is 1. The lowest BCUT2D eigenvalue weighted by molar-refractivity contribution is 0.200. The molecule has 1 heterocycles. The second kappa shape index (κ2) is 6.35. The van der Waals surface area contributed by atoms with Gasteiger partial charge in [0.1, 0.15) is 5.75 Å². The van der Waals surface area contributed by atoms with E-state index >= 15 is 0 Å². The van der Waals surface area contributed by atoms with Crippen LogP contribution in [0.25, 0.3) is 0 Å². The zero-order chi connectivity index (χ0) is 13.8. The summed E-state index contributed by atoms with van der Waals surface area (Å²) in [4.78, 5) is 3.12. The minimum absolute atomic E-state index is 0.422. The van der Waals surface area contributed by atoms with Crippen molar-refractivity contribution < 1.29 is 4.74 Å². The third-order valence-electron chi connectivity index (χ3n) is 3.82. The van der Waals surface area contributed by atoms with Crippen LogP contribution in [0.2, 0.25) is 0 Å². The van der Waals surface area contributed by atoms with Crippen LogP contribution in [0.15, 0.2) is 18.2 Å². The molecule has 4 heteroatoms. The van der Waals surface area contributed by atoms with Crippen LogP contribution in [0.1, 0.15) is 24.0 Å². The number of aryl methyl sites for hydroxylation is 1. The molecule has 0 radical (unpaired) electrons. The predicted octanol–water partition coefficient (Wildman–Crippen LogP) is 2.50. The number of thiocarbonyl (C=S) groups is 1. The zero-order valence-corrected chi connectivity index (χ0v) is 12.5. The summed E-state index contributed by atoms with van der Waals surface area (Å²) in [5.41, 5.74) is 8.26. The zero-order valence-electron chi connectivity index (χ0n) is 11.7. The lowest BCUT2D eigenvalue weighted by atomic mass is 9.96. The van der Waals surface area contributed by atoms with E-state index in [1.807, 2.05) is 6.07 Å². The maximum absolute atomic E-state index is 5.72. The predicted molar refractivity (Wildman–Crippen MR) is 82.5 cm³/mol. The van der Waals surface area contributed by atoms with Gasteiger partial charge in [-0.15, -0.1) is 0 Å². The van der Waals surface area contributed by atoms with E-state index in [2.05, 4.69) is 24.0 Å². The van der Waals surface area contributed by atoms with Gasteiger partial charge in [-0.1, -0.05) is 29.9 Å². The van der Waals surface area contributed by atoms with Gasteiger partial charge in [-0.2, -0.15) is 0 Å². The van der Waals surface area contributed by atoms with Gasteiger partial charge in [0.2, 0.25) is 0 Å². The smallest absolute Gasteiger partial charge is 0.123 e. The van der Waals surface area contributed by atoms with Gasteiger partial charge in [0.25, 0.3) is 0 Å². The Morgan fingerprint density at radius 1 is 1.42 bits per heavy atom. The van der Waals surface area contributed by atoms with Gasteiger partial charge in [0, 0.05) is 18.0 Å². The first kappa shape index (κ1) is 14.3. The monoisotopic (exact) mass is 278 g/mol. The number of ether oxygens (including phenoxy) is 1. The van der Waals surface area contributed by atoms with E-state index in [0.717, 1.165) is 38.2 Å². The van der Waals surface area contributed by atoms with E-state index in [-0.39, 0.29) is 0 Å². The molecule has 3 nitrogen and oxygen atoms in total. The third kappa shape index (κ3) is 3.67. The highest BCUT2D eigenvalue weighted by Crippen LogP contribution is 2.24. The van der Waals surface area contributed by atoms with Crippen LogP contribution in [0.4, 0.5) is 0 Å². The van der Waals surface area contributed by atoms with E-state index < -0.39 is 0 Å². The second-order valence-electron chi connectivity index (χ2n) is 5.27. The van der Waals surface area contributed by atoms with Crippen LogP contribution in [-0.4, -0.2) is 30.1 Å². The van der Waals surface area contributed by atoms with Gasteiger partial charge < -0.3 is 10.5 Å². The van der Waals surface area contributed by atoms with Crippen molar-refractivity contribution >= 4 is 17.2 Å². The summed E-state index contributed by atoms with van der Waals surface area (Å²) < 4.78 is 5.43. The highest BCUT2D eigenvalue weighted by molar-refractivity contribution is 7.80. The highest BCUT2D eigenvalue weighted by Gasteiger charge is 2.21. The first-order valence-electron chi connectivity index (χ1n) is 6.75. The molecule has 1 aliphatic rings. The number of hydrogen-bond donors (Lipinski definition) is 1. The van der Waals surface area contributed by atoms with Gasteiger partial charge in [-0.05, 0) is 38.9 Å². The normalized spacial score (nSPS) is 17.4. The topological polar surface area (TPSA) is 38.5 Å². The maximum Gasteiger partial charge on any atom is 0.123 e. The van der Waals surface area contributed by atoms with E-state index in [1.54, 1.807) is 7.11 Å². The molecule has 1 aromatic carbocycles. The molecule has 1 aliphatic heterocycles. The second-order valence-corrected chi connectivity index (χ2v) is 5.74. The molecular weight excluding hydrogens is 256 g/mol. The Morgan fingerprint density at radius 3 is 2.68 bits per heavy atom. The van der Waals surface area contributed by atoms with Crippen molar-refractivity contribution in [3.8, 4) is 5.75 Å². The standard InChI is InChI=1S/C15H22N2OS/c1-11-3-4-14(18-2)13(9-11)10-17-7-5-12(6-8-17)15(16)19/h3-4,9,12H,5-8,10H2,1-2H3,(H2,16,19). The number of nitrogens with two attached hydrogens (primary N) is 1. The van der Waals surface area contributed by atoms with Crippen LogP contribution in [0.3, 0.4) is 0 Å². The van der Waals surface area contributed by atoms with Gasteiger partial charge in [0.15, 0.2) is 0 Å². The minimum Gasteiger partial charge on any atom is -0.496 e. The van der Waals surface area contributed by atoms with E-state index in [0.29, 0.717) is 10.9 Å². The molecular formula is C15H22N2OS. The molecule has 1 saturated heterocycles. The summed E-state index contributed by atoms with van der Waals surface area (Å²) in [7, 11) is 1.73. The maximum atomic E-state index is 5.72. The Labute approximate surface area is 120 Å². The minimum atomic E-state index is 0.422. The fourth-order valence-corrected chi connectivity index (χ4v) is 2.88. The third-order valence-corrected chi connectivity index (χ3v) is 4.15. The van der Waals surface area contributed by atoms with Gasteiger partial charge in [-0.3, -0.25) is 4.90 Å². The highest BCUT2D eigenvalue weighted by atomic mass is 32.1. The number of hydrogen-bond acceptors (Lipinski definition) is 3. The summed E-state index contributed by atoms with van der Waals surface area (Å²) in [6, 6.07) is 6.34. The number of rotatable bonds is 4. The molecule has 1 fully saturated rings. The summed E-state index contributed by atoms with van der Waals surface area (Å²) in [5, 5.41) is 0. The molecule has 2 rings (SSSR count). The summed E-state index contributed by atoms with van der Waals surface area (Å²) in [5.74, 6) is 1.40. The molecule has 0 unspecified atom stereocenters. The van der Waals surface area contributed by atoms with Crippen molar-refractivity contribution in [3.63, 3.8) is 0 Å². The fourth-order valence-electron chi connectivity index (χ4n) is 2.65. The van der Waals surface area contributed by atoms with Crippen molar-refractivity contribution in [3.05, 3.63) is 29.3 Å². The van der Waals surface area contributed by atoms with Crippen LogP contribution in [0, 0.1) is 12.8 Å². The number of benzene rings is 1. The summed E-state index contributed by atoms with van der Waals surface area (Å²) in [6.45, 7) is 5.16. The van der Waals surface area contributed by atoms with Crippen LogP contribution >= 0.6 is 12.2 Å². The Balaban J connectivity index is 1.99. The van der Waals surface area contributed by atoms with Crippen LogP contribution < -0.4 is 10.5 Å². The van der Waals surface area contributed by atoms with Crippen molar-refractivity contribution in [2.75, 3.05) is 20.2 Å². The quantitative estimate of drug-likeness (QED) is 0.859. The molecule has 19 heavy (non-hydrogen) atoms. The summed E-state index contributed by atoms with van der Waals surface area (Å²) in [6.07, 6.45) is 2.15. The van der Waals surface area contributed by atoms with E-state index in [9.17, 15) is 0 Å². The molecule has 0 amide bonds. The average molecular weight is 278 g/mol. The molecule has 104 valence electrons.